The van der Waals surface area contributed by atoms with Crippen LogP contribution in [0.1, 0.15) is 35.7 Å². The molecule has 0 aliphatic rings. The maximum Gasteiger partial charge on any atom is 0.291 e. The standard InChI is InChI=1S/C23H25NO5/c1-15(2)28-19-7-5-6-17(14-19)24-23(25)22-11-9-20(29-22)13-16-12-18(26-3)8-10-21(16)27-4/h5-12,14-15H,13H2,1-4H3,(H,24,25). The van der Waals surface area contributed by atoms with Gasteiger partial charge in [0.15, 0.2) is 5.76 Å². The Morgan fingerprint density at radius 1 is 1.00 bits per heavy atom. The van der Waals surface area contributed by atoms with Crippen molar-refractivity contribution in [3.05, 3.63) is 71.7 Å². The molecular formula is C23H25NO5. The average Bonchev–Trinajstić information content (AvgIpc) is 3.16. The molecule has 0 fully saturated rings. The van der Waals surface area contributed by atoms with Crippen LogP contribution >= 0.6 is 0 Å². The first-order valence-electron chi connectivity index (χ1n) is 9.36. The SMILES string of the molecule is COc1ccc(OC)c(Cc2ccc(C(=O)Nc3cccc(OC(C)C)c3)o2)c1. The van der Waals surface area contributed by atoms with E-state index in [1.54, 1.807) is 38.5 Å². The smallest absolute Gasteiger partial charge is 0.291 e. The minimum Gasteiger partial charge on any atom is -0.497 e. The van der Waals surface area contributed by atoms with E-state index >= 15 is 0 Å². The van der Waals surface area contributed by atoms with E-state index < -0.39 is 0 Å². The maximum absolute atomic E-state index is 12.5. The van der Waals surface area contributed by atoms with Crippen LogP contribution in [0.15, 0.2) is 59.0 Å². The van der Waals surface area contributed by atoms with Crippen LogP contribution in [0.3, 0.4) is 0 Å². The summed E-state index contributed by atoms with van der Waals surface area (Å²) in [6.45, 7) is 3.90. The van der Waals surface area contributed by atoms with Crippen LogP contribution in [0, 0.1) is 0 Å². The first kappa shape index (κ1) is 20.3. The van der Waals surface area contributed by atoms with E-state index in [-0.39, 0.29) is 17.8 Å². The van der Waals surface area contributed by atoms with Gasteiger partial charge in [-0.25, -0.2) is 0 Å². The maximum atomic E-state index is 12.5. The van der Waals surface area contributed by atoms with Crippen molar-refractivity contribution >= 4 is 11.6 Å². The molecule has 1 amide bonds. The van der Waals surface area contributed by atoms with Crippen LogP contribution in [-0.2, 0) is 6.42 Å². The summed E-state index contributed by atoms with van der Waals surface area (Å²) in [5, 5.41) is 2.83. The lowest BCUT2D eigenvalue weighted by molar-refractivity contribution is 0.0995. The highest BCUT2D eigenvalue weighted by atomic mass is 16.5. The number of nitrogens with one attached hydrogen (secondary N) is 1. The molecule has 1 heterocycles. The Labute approximate surface area is 170 Å². The van der Waals surface area contributed by atoms with Gasteiger partial charge in [0, 0.05) is 23.7 Å². The Bertz CT molecular complexity index is 977. The number of rotatable bonds is 8. The lowest BCUT2D eigenvalue weighted by Crippen LogP contribution is -2.11. The molecule has 0 radical (unpaired) electrons. The number of carbonyl (C=O) groups is 1. The van der Waals surface area contributed by atoms with Crippen molar-refractivity contribution in [3.63, 3.8) is 0 Å². The van der Waals surface area contributed by atoms with E-state index in [2.05, 4.69) is 5.32 Å². The van der Waals surface area contributed by atoms with Crippen molar-refractivity contribution in [2.24, 2.45) is 0 Å². The van der Waals surface area contributed by atoms with E-state index in [1.807, 2.05) is 44.2 Å². The third-order valence-corrected chi connectivity index (χ3v) is 4.20. The normalized spacial score (nSPS) is 10.7. The van der Waals surface area contributed by atoms with Gasteiger partial charge in [0.1, 0.15) is 23.0 Å². The Morgan fingerprint density at radius 2 is 1.83 bits per heavy atom. The fraction of sp³-hybridized carbons (Fsp3) is 0.261. The van der Waals surface area contributed by atoms with Gasteiger partial charge in [-0.3, -0.25) is 4.79 Å². The second-order valence-electron chi connectivity index (χ2n) is 6.77. The van der Waals surface area contributed by atoms with Crippen molar-refractivity contribution < 1.29 is 23.4 Å². The molecule has 0 atom stereocenters. The zero-order valence-electron chi connectivity index (χ0n) is 17.0. The van der Waals surface area contributed by atoms with Gasteiger partial charge in [0.2, 0.25) is 0 Å². The van der Waals surface area contributed by atoms with Crippen molar-refractivity contribution in [2.45, 2.75) is 26.4 Å². The molecular weight excluding hydrogens is 370 g/mol. The quantitative estimate of drug-likeness (QED) is 0.586. The molecule has 0 aliphatic carbocycles. The van der Waals surface area contributed by atoms with Crippen LogP contribution in [0.25, 0.3) is 0 Å². The van der Waals surface area contributed by atoms with Gasteiger partial charge < -0.3 is 23.9 Å². The minimum atomic E-state index is -0.324. The molecule has 0 aliphatic heterocycles. The summed E-state index contributed by atoms with van der Waals surface area (Å²) >= 11 is 0. The van der Waals surface area contributed by atoms with Gasteiger partial charge in [-0.05, 0) is 56.3 Å². The minimum absolute atomic E-state index is 0.0576. The van der Waals surface area contributed by atoms with Crippen molar-refractivity contribution in [3.8, 4) is 17.2 Å². The largest absolute Gasteiger partial charge is 0.497 e. The van der Waals surface area contributed by atoms with Crippen LogP contribution < -0.4 is 19.5 Å². The molecule has 2 aromatic carbocycles. The van der Waals surface area contributed by atoms with Gasteiger partial charge in [-0.2, -0.15) is 0 Å². The Morgan fingerprint density at radius 3 is 2.55 bits per heavy atom. The predicted octanol–water partition coefficient (Wildman–Crippen LogP) is 4.93. The molecule has 6 heteroatoms. The molecule has 1 N–H and O–H groups in total. The first-order valence-corrected chi connectivity index (χ1v) is 9.36. The molecule has 0 unspecified atom stereocenters. The molecule has 0 saturated carbocycles. The number of amides is 1. The van der Waals surface area contributed by atoms with Gasteiger partial charge in [-0.1, -0.05) is 6.07 Å². The molecule has 6 nitrogen and oxygen atoms in total. The van der Waals surface area contributed by atoms with Crippen molar-refractivity contribution in [1.82, 2.24) is 0 Å². The number of hydrogen-bond acceptors (Lipinski definition) is 5. The summed E-state index contributed by atoms with van der Waals surface area (Å²) in [5.41, 5.74) is 1.55. The lowest BCUT2D eigenvalue weighted by Gasteiger charge is -2.11. The summed E-state index contributed by atoms with van der Waals surface area (Å²) in [6, 6.07) is 16.3. The Balaban J connectivity index is 1.71. The summed E-state index contributed by atoms with van der Waals surface area (Å²) in [6.07, 6.45) is 0.535. The van der Waals surface area contributed by atoms with Crippen LogP contribution in [0.5, 0.6) is 17.2 Å². The molecule has 0 spiro atoms. The van der Waals surface area contributed by atoms with Gasteiger partial charge >= 0.3 is 0 Å². The third kappa shape index (κ3) is 5.31. The number of furan rings is 1. The summed E-state index contributed by atoms with van der Waals surface area (Å²) in [7, 11) is 3.23. The number of ether oxygens (including phenoxy) is 3. The molecule has 152 valence electrons. The summed E-state index contributed by atoms with van der Waals surface area (Å²) < 4.78 is 22.1. The Hall–Kier alpha value is -3.41. The average molecular weight is 395 g/mol. The number of anilines is 1. The molecule has 3 aromatic rings. The third-order valence-electron chi connectivity index (χ3n) is 4.20. The Kier molecular flexibility index (Phi) is 6.44. The second kappa shape index (κ2) is 9.19. The van der Waals surface area contributed by atoms with E-state index in [4.69, 9.17) is 18.6 Å². The number of methoxy groups -OCH3 is 2. The fourth-order valence-electron chi connectivity index (χ4n) is 2.91. The molecule has 3 rings (SSSR count). The molecule has 29 heavy (non-hydrogen) atoms. The van der Waals surface area contributed by atoms with Gasteiger partial charge in [0.05, 0.1) is 20.3 Å². The van der Waals surface area contributed by atoms with Crippen LogP contribution in [0.4, 0.5) is 5.69 Å². The highest BCUT2D eigenvalue weighted by Gasteiger charge is 2.14. The topological polar surface area (TPSA) is 69.9 Å². The molecule has 0 bridgehead atoms. The van der Waals surface area contributed by atoms with E-state index in [1.165, 1.54) is 0 Å². The van der Waals surface area contributed by atoms with Crippen molar-refractivity contribution in [1.29, 1.82) is 0 Å². The molecule has 0 saturated heterocycles. The summed E-state index contributed by atoms with van der Waals surface area (Å²) in [5.74, 6) is 2.72. The summed E-state index contributed by atoms with van der Waals surface area (Å²) in [4.78, 5) is 12.5. The molecule has 1 aromatic heterocycles. The number of hydrogen-bond donors (Lipinski definition) is 1. The highest BCUT2D eigenvalue weighted by Crippen LogP contribution is 2.27. The van der Waals surface area contributed by atoms with Gasteiger partial charge in [-0.15, -0.1) is 0 Å². The van der Waals surface area contributed by atoms with E-state index in [0.717, 1.165) is 17.1 Å². The van der Waals surface area contributed by atoms with Crippen LogP contribution in [0.2, 0.25) is 0 Å². The number of benzene rings is 2. The number of carbonyl (C=O) groups excluding carboxylic acids is 1. The van der Waals surface area contributed by atoms with Crippen LogP contribution in [-0.4, -0.2) is 26.2 Å². The zero-order chi connectivity index (χ0) is 20.8. The van der Waals surface area contributed by atoms with Crippen molar-refractivity contribution in [2.75, 3.05) is 19.5 Å². The first-order chi connectivity index (χ1) is 14.0. The monoisotopic (exact) mass is 395 g/mol. The second-order valence-corrected chi connectivity index (χ2v) is 6.77. The predicted molar refractivity (Wildman–Crippen MR) is 111 cm³/mol. The fourth-order valence-corrected chi connectivity index (χ4v) is 2.91. The highest BCUT2D eigenvalue weighted by molar-refractivity contribution is 6.02. The van der Waals surface area contributed by atoms with E-state index in [9.17, 15) is 4.79 Å². The zero-order valence-corrected chi connectivity index (χ0v) is 17.0. The van der Waals surface area contributed by atoms with Gasteiger partial charge in [0.25, 0.3) is 5.91 Å². The lowest BCUT2D eigenvalue weighted by atomic mass is 10.1. The van der Waals surface area contributed by atoms with E-state index in [0.29, 0.717) is 23.6 Å².